The van der Waals surface area contributed by atoms with Gasteiger partial charge in [0.1, 0.15) is 0 Å². The first-order chi connectivity index (χ1) is 14.1. The van der Waals surface area contributed by atoms with Gasteiger partial charge in [-0.15, -0.1) is 0 Å². The van der Waals surface area contributed by atoms with E-state index in [0.717, 1.165) is 58.2 Å². The standard InChI is InChI=1S/C24H36N2O3/c1-24(12-8-20(16-24)25-21-11-15-29-17-22(21)28-2)23(27)26-13-9-19(10-14-26)18-6-4-3-5-7-18/h3-7,19-22,25H,8-17H2,1-2H3. The lowest BCUT2D eigenvalue weighted by atomic mass is 9.84. The van der Waals surface area contributed by atoms with Gasteiger partial charge in [-0.25, -0.2) is 0 Å². The number of hydrogen-bond donors (Lipinski definition) is 1. The minimum atomic E-state index is -0.231. The molecule has 3 aliphatic rings. The van der Waals surface area contributed by atoms with E-state index < -0.39 is 0 Å². The van der Waals surface area contributed by atoms with Gasteiger partial charge < -0.3 is 19.7 Å². The Balaban J connectivity index is 1.30. The van der Waals surface area contributed by atoms with Crippen molar-refractivity contribution < 1.29 is 14.3 Å². The second-order valence-corrected chi connectivity index (χ2v) is 9.39. The molecule has 1 aromatic rings. The molecule has 1 N–H and O–H groups in total. The third-order valence-corrected chi connectivity index (χ3v) is 7.37. The Morgan fingerprint density at radius 1 is 1.17 bits per heavy atom. The molecule has 160 valence electrons. The molecule has 5 heteroatoms. The van der Waals surface area contributed by atoms with Crippen molar-refractivity contribution in [1.82, 2.24) is 10.2 Å². The number of nitrogens with one attached hydrogen (secondary N) is 1. The van der Waals surface area contributed by atoms with Crippen LogP contribution < -0.4 is 5.32 Å². The van der Waals surface area contributed by atoms with Crippen molar-refractivity contribution in [3.05, 3.63) is 35.9 Å². The summed E-state index contributed by atoms with van der Waals surface area (Å²) in [5, 5.41) is 3.78. The van der Waals surface area contributed by atoms with E-state index >= 15 is 0 Å². The highest BCUT2D eigenvalue weighted by Crippen LogP contribution is 2.41. The molecule has 4 atom stereocenters. The predicted octanol–water partition coefficient (Wildman–Crippen LogP) is 3.34. The number of rotatable bonds is 5. The maximum absolute atomic E-state index is 13.4. The molecule has 1 aliphatic carbocycles. The number of carbonyl (C=O) groups excluding carboxylic acids is 1. The fraction of sp³-hybridized carbons (Fsp3) is 0.708. The molecule has 2 saturated heterocycles. The van der Waals surface area contributed by atoms with Gasteiger partial charge in [-0.1, -0.05) is 37.3 Å². The number of nitrogens with zero attached hydrogens (tertiary/aromatic N) is 1. The van der Waals surface area contributed by atoms with E-state index in [-0.39, 0.29) is 11.5 Å². The van der Waals surface area contributed by atoms with Crippen LogP contribution in [0.1, 0.15) is 56.9 Å². The van der Waals surface area contributed by atoms with Crippen molar-refractivity contribution in [2.45, 2.75) is 69.6 Å². The predicted molar refractivity (Wildman–Crippen MR) is 114 cm³/mol. The highest BCUT2D eigenvalue weighted by atomic mass is 16.5. The van der Waals surface area contributed by atoms with Crippen molar-refractivity contribution in [3.8, 4) is 0 Å². The third kappa shape index (κ3) is 4.68. The first-order valence-corrected chi connectivity index (χ1v) is 11.3. The number of ether oxygens (including phenoxy) is 2. The van der Waals surface area contributed by atoms with Gasteiger partial charge in [0.2, 0.25) is 5.91 Å². The average molecular weight is 401 g/mol. The van der Waals surface area contributed by atoms with E-state index in [0.29, 0.717) is 30.5 Å². The van der Waals surface area contributed by atoms with Crippen molar-refractivity contribution >= 4 is 5.91 Å². The molecule has 4 unspecified atom stereocenters. The number of likely N-dealkylation sites (tertiary alicyclic amines) is 1. The largest absolute Gasteiger partial charge is 0.379 e. The second-order valence-electron chi connectivity index (χ2n) is 9.39. The lowest BCUT2D eigenvalue weighted by molar-refractivity contribution is -0.142. The number of methoxy groups -OCH3 is 1. The lowest BCUT2D eigenvalue weighted by Crippen LogP contribution is -2.51. The van der Waals surface area contributed by atoms with Crippen LogP contribution in [-0.2, 0) is 14.3 Å². The van der Waals surface area contributed by atoms with E-state index in [1.54, 1.807) is 7.11 Å². The van der Waals surface area contributed by atoms with Crippen LogP contribution in [0.15, 0.2) is 30.3 Å². The molecule has 1 aromatic carbocycles. The quantitative estimate of drug-likeness (QED) is 0.824. The summed E-state index contributed by atoms with van der Waals surface area (Å²) in [6.45, 7) is 5.40. The summed E-state index contributed by atoms with van der Waals surface area (Å²) in [6.07, 6.45) is 6.21. The van der Waals surface area contributed by atoms with E-state index in [1.165, 1.54) is 5.56 Å². The Labute approximate surface area is 175 Å². The Morgan fingerprint density at radius 3 is 2.66 bits per heavy atom. The number of benzene rings is 1. The molecular weight excluding hydrogens is 364 g/mol. The number of hydrogen-bond acceptors (Lipinski definition) is 4. The van der Waals surface area contributed by atoms with Gasteiger partial charge >= 0.3 is 0 Å². The van der Waals surface area contributed by atoms with Crippen molar-refractivity contribution in [1.29, 1.82) is 0 Å². The zero-order chi connectivity index (χ0) is 20.3. The fourth-order valence-electron chi connectivity index (χ4n) is 5.54. The first-order valence-electron chi connectivity index (χ1n) is 11.3. The molecule has 5 nitrogen and oxygen atoms in total. The summed E-state index contributed by atoms with van der Waals surface area (Å²) in [5.74, 6) is 0.953. The minimum absolute atomic E-state index is 0.114. The molecule has 0 aromatic heterocycles. The van der Waals surface area contributed by atoms with Crippen LogP contribution in [0, 0.1) is 5.41 Å². The molecule has 4 rings (SSSR count). The maximum Gasteiger partial charge on any atom is 0.228 e. The molecular formula is C24H36N2O3. The van der Waals surface area contributed by atoms with Crippen molar-refractivity contribution in [2.75, 3.05) is 33.4 Å². The summed E-state index contributed by atoms with van der Waals surface area (Å²) in [5.41, 5.74) is 1.19. The molecule has 3 fully saturated rings. The third-order valence-electron chi connectivity index (χ3n) is 7.37. The molecule has 2 heterocycles. The first kappa shape index (κ1) is 20.8. The van der Waals surface area contributed by atoms with Gasteiger partial charge in [0, 0.05) is 44.3 Å². The molecule has 2 aliphatic heterocycles. The normalized spacial score (nSPS) is 33.7. The highest BCUT2D eigenvalue weighted by molar-refractivity contribution is 5.83. The zero-order valence-electron chi connectivity index (χ0n) is 17.9. The van der Waals surface area contributed by atoms with Crippen LogP contribution >= 0.6 is 0 Å². The number of amides is 1. The van der Waals surface area contributed by atoms with Crippen LogP contribution in [-0.4, -0.2) is 62.4 Å². The summed E-state index contributed by atoms with van der Waals surface area (Å²) in [7, 11) is 1.76. The zero-order valence-corrected chi connectivity index (χ0v) is 17.9. The van der Waals surface area contributed by atoms with E-state index in [4.69, 9.17) is 9.47 Å². The molecule has 0 bridgehead atoms. The van der Waals surface area contributed by atoms with Gasteiger partial charge in [-0.05, 0) is 50.0 Å². The van der Waals surface area contributed by atoms with Crippen LogP contribution in [0.4, 0.5) is 0 Å². The number of carbonyl (C=O) groups is 1. The maximum atomic E-state index is 13.4. The van der Waals surface area contributed by atoms with Crippen LogP contribution in [0.5, 0.6) is 0 Å². The summed E-state index contributed by atoms with van der Waals surface area (Å²) in [6, 6.07) is 11.5. The summed E-state index contributed by atoms with van der Waals surface area (Å²) in [4.78, 5) is 15.5. The molecule has 1 amide bonds. The van der Waals surface area contributed by atoms with Gasteiger partial charge in [0.25, 0.3) is 0 Å². The number of piperidine rings is 1. The monoisotopic (exact) mass is 400 g/mol. The smallest absolute Gasteiger partial charge is 0.228 e. The van der Waals surface area contributed by atoms with Crippen LogP contribution in [0.3, 0.4) is 0 Å². The Morgan fingerprint density at radius 2 is 1.93 bits per heavy atom. The average Bonchev–Trinajstić information content (AvgIpc) is 3.16. The molecule has 0 radical (unpaired) electrons. The lowest BCUT2D eigenvalue weighted by Gasteiger charge is -2.37. The van der Waals surface area contributed by atoms with Gasteiger partial charge in [0.05, 0.1) is 12.7 Å². The van der Waals surface area contributed by atoms with Crippen LogP contribution in [0.2, 0.25) is 0 Å². The Kier molecular flexibility index (Phi) is 6.57. The summed E-state index contributed by atoms with van der Waals surface area (Å²) >= 11 is 0. The van der Waals surface area contributed by atoms with E-state index in [2.05, 4.69) is 47.5 Å². The van der Waals surface area contributed by atoms with Crippen LogP contribution in [0.25, 0.3) is 0 Å². The van der Waals surface area contributed by atoms with Gasteiger partial charge in [-0.3, -0.25) is 4.79 Å². The Bertz CT molecular complexity index is 674. The highest BCUT2D eigenvalue weighted by Gasteiger charge is 2.44. The second kappa shape index (κ2) is 9.15. The molecule has 1 saturated carbocycles. The topological polar surface area (TPSA) is 50.8 Å². The molecule has 29 heavy (non-hydrogen) atoms. The van der Waals surface area contributed by atoms with Gasteiger partial charge in [-0.2, -0.15) is 0 Å². The van der Waals surface area contributed by atoms with Crippen molar-refractivity contribution in [3.63, 3.8) is 0 Å². The fourth-order valence-corrected chi connectivity index (χ4v) is 5.54. The minimum Gasteiger partial charge on any atom is -0.379 e. The summed E-state index contributed by atoms with van der Waals surface area (Å²) < 4.78 is 11.1. The SMILES string of the molecule is COC1COCCC1NC1CCC(C)(C(=O)N2CCC(c3ccccc3)CC2)C1. The molecule has 0 spiro atoms. The van der Waals surface area contributed by atoms with E-state index in [1.807, 2.05) is 0 Å². The Hall–Kier alpha value is -1.43. The van der Waals surface area contributed by atoms with Gasteiger partial charge in [0.15, 0.2) is 0 Å². The van der Waals surface area contributed by atoms with E-state index in [9.17, 15) is 4.79 Å². The van der Waals surface area contributed by atoms with Crippen molar-refractivity contribution in [2.24, 2.45) is 5.41 Å².